The number of hydrogen-bond donors (Lipinski definition) is 2. The molecule has 3 N–H and O–H groups in total. The highest BCUT2D eigenvalue weighted by atomic mass is 16.6. The third-order valence-electron chi connectivity index (χ3n) is 5.52. The van der Waals surface area contributed by atoms with Gasteiger partial charge in [-0.15, -0.1) is 0 Å². The molecule has 36 heavy (non-hydrogen) atoms. The molecule has 0 aromatic carbocycles. The van der Waals surface area contributed by atoms with E-state index in [0.717, 1.165) is 6.42 Å². The van der Waals surface area contributed by atoms with Crippen LogP contribution in [0.5, 0.6) is 0 Å². The van der Waals surface area contributed by atoms with E-state index in [1.54, 1.807) is 4.57 Å². The van der Waals surface area contributed by atoms with Crippen LogP contribution in [-0.2, 0) is 28.6 Å². The number of nitrogens with two attached hydrogens (primary N) is 1. The number of nitrogens with one attached hydrogen (secondary N) is 1. The molecule has 1 fully saturated rings. The molecule has 1 aliphatic rings. The van der Waals surface area contributed by atoms with Gasteiger partial charge in [0.25, 0.3) is 0 Å². The van der Waals surface area contributed by atoms with E-state index < -0.39 is 36.5 Å². The van der Waals surface area contributed by atoms with Crippen LogP contribution in [-0.4, -0.2) is 87.3 Å². The van der Waals surface area contributed by atoms with Gasteiger partial charge in [-0.2, -0.15) is 0 Å². The molecule has 0 spiro atoms. The maximum Gasteiger partial charge on any atom is 0.303 e. The number of ether oxygens (including phenoxy) is 3. The number of likely N-dealkylation sites (N-methyl/N-ethyl adjacent to an activating group) is 1. The fourth-order valence-electron chi connectivity index (χ4n) is 3.99. The zero-order chi connectivity index (χ0) is 26.2. The van der Waals surface area contributed by atoms with Crippen LogP contribution in [0.4, 0.5) is 5.82 Å². The summed E-state index contributed by atoms with van der Waals surface area (Å²) in [6.45, 7) is 5.87. The second-order valence-corrected chi connectivity index (χ2v) is 8.54. The van der Waals surface area contributed by atoms with Crippen LogP contribution in [0.25, 0.3) is 11.2 Å². The van der Waals surface area contributed by atoms with E-state index in [9.17, 15) is 14.4 Å². The first-order valence-corrected chi connectivity index (χ1v) is 11.7. The molecule has 1 aliphatic heterocycles. The van der Waals surface area contributed by atoms with Crippen LogP contribution in [0.15, 0.2) is 24.8 Å². The summed E-state index contributed by atoms with van der Waals surface area (Å²) in [4.78, 5) is 49.8. The van der Waals surface area contributed by atoms with Crippen molar-refractivity contribution in [2.24, 2.45) is 0 Å². The first-order chi connectivity index (χ1) is 17.2. The molecule has 0 radical (unpaired) electrons. The lowest BCUT2D eigenvalue weighted by Crippen LogP contribution is -2.43. The van der Waals surface area contributed by atoms with E-state index in [1.807, 2.05) is 31.0 Å². The van der Waals surface area contributed by atoms with E-state index in [1.165, 1.54) is 26.5 Å². The minimum atomic E-state index is -0.942. The Balaban J connectivity index is 1.76. The Labute approximate surface area is 209 Å². The van der Waals surface area contributed by atoms with Gasteiger partial charge in [0.1, 0.15) is 17.9 Å². The van der Waals surface area contributed by atoms with Crippen molar-refractivity contribution in [3.63, 3.8) is 0 Å². The normalized spacial score (nSPS) is 21.8. The number of imidazole rings is 1. The highest BCUT2D eigenvalue weighted by molar-refractivity contribution is 5.81. The largest absolute Gasteiger partial charge is 0.456 e. The molecule has 2 aromatic rings. The van der Waals surface area contributed by atoms with Crippen LogP contribution < -0.4 is 11.1 Å². The van der Waals surface area contributed by atoms with Crippen molar-refractivity contribution in [1.29, 1.82) is 0 Å². The van der Waals surface area contributed by atoms with Crippen molar-refractivity contribution in [3.8, 4) is 0 Å². The minimum Gasteiger partial charge on any atom is -0.456 e. The minimum absolute atomic E-state index is 0.0145. The van der Waals surface area contributed by atoms with E-state index >= 15 is 0 Å². The molecule has 13 heteroatoms. The zero-order valence-corrected chi connectivity index (χ0v) is 20.9. The predicted octanol–water partition coefficient (Wildman–Crippen LogP) is 0.574. The maximum absolute atomic E-state index is 11.9. The number of nitrogen functional groups attached to an aromatic ring is 1. The number of rotatable bonds is 11. The average Bonchev–Trinajstić information content (AvgIpc) is 3.36. The number of anilines is 1. The third kappa shape index (κ3) is 6.76. The van der Waals surface area contributed by atoms with Gasteiger partial charge in [0, 0.05) is 39.9 Å². The first kappa shape index (κ1) is 27.0. The monoisotopic (exact) mass is 503 g/mol. The molecule has 13 nitrogen and oxygen atoms in total. The Bertz CT molecular complexity index is 1100. The molecule has 0 bridgehead atoms. The number of hydrogen-bond acceptors (Lipinski definition) is 11. The fourth-order valence-corrected chi connectivity index (χ4v) is 3.99. The van der Waals surface area contributed by atoms with Crippen LogP contribution in [0.3, 0.4) is 0 Å². The van der Waals surface area contributed by atoms with E-state index in [-0.39, 0.29) is 11.7 Å². The average molecular weight is 504 g/mol. The number of carbonyl (C=O) groups excluding carboxylic acids is 3. The summed E-state index contributed by atoms with van der Waals surface area (Å²) in [5, 5.41) is 2.82. The quantitative estimate of drug-likeness (QED) is 0.325. The SMILES string of the molecule is CCCC(=O)NC/C=C\CN(C)C[C@H]1O[C@@H](n2cnc3c(N)ncnc32)[C@H](OC(C)=O)[C@@H]1OC(C)=O. The summed E-state index contributed by atoms with van der Waals surface area (Å²) >= 11 is 0. The maximum atomic E-state index is 11.9. The Morgan fingerprint density at radius 3 is 2.58 bits per heavy atom. The van der Waals surface area contributed by atoms with Crippen LogP contribution in [0.1, 0.15) is 39.8 Å². The van der Waals surface area contributed by atoms with Gasteiger partial charge in [0.2, 0.25) is 5.91 Å². The highest BCUT2D eigenvalue weighted by Gasteiger charge is 2.50. The summed E-state index contributed by atoms with van der Waals surface area (Å²) in [6, 6.07) is 0. The van der Waals surface area contributed by atoms with Gasteiger partial charge >= 0.3 is 11.9 Å². The number of fused-ring (bicyclic) bond motifs is 1. The van der Waals surface area contributed by atoms with Crippen LogP contribution in [0.2, 0.25) is 0 Å². The second-order valence-electron chi connectivity index (χ2n) is 8.54. The summed E-state index contributed by atoms with van der Waals surface area (Å²) < 4.78 is 19.0. The number of aromatic nitrogens is 4. The molecular weight excluding hydrogens is 470 g/mol. The molecule has 0 aliphatic carbocycles. The lowest BCUT2D eigenvalue weighted by Gasteiger charge is -2.25. The Morgan fingerprint density at radius 2 is 1.89 bits per heavy atom. The van der Waals surface area contributed by atoms with E-state index in [2.05, 4.69) is 20.3 Å². The molecule has 2 aromatic heterocycles. The summed E-state index contributed by atoms with van der Waals surface area (Å²) in [5.74, 6) is -0.864. The second kappa shape index (κ2) is 12.4. The first-order valence-electron chi connectivity index (χ1n) is 11.7. The van der Waals surface area contributed by atoms with Gasteiger partial charge in [0.15, 0.2) is 29.9 Å². The van der Waals surface area contributed by atoms with Crippen LogP contribution >= 0.6 is 0 Å². The Hall–Kier alpha value is -3.58. The van der Waals surface area contributed by atoms with Gasteiger partial charge in [-0.05, 0) is 13.5 Å². The molecule has 1 saturated heterocycles. The van der Waals surface area contributed by atoms with E-state index in [4.69, 9.17) is 19.9 Å². The molecule has 3 heterocycles. The molecule has 0 unspecified atom stereocenters. The Kier molecular flexibility index (Phi) is 9.31. The molecule has 1 amide bonds. The smallest absolute Gasteiger partial charge is 0.303 e. The molecule has 196 valence electrons. The lowest BCUT2D eigenvalue weighted by molar-refractivity contribution is -0.165. The van der Waals surface area contributed by atoms with E-state index in [0.29, 0.717) is 37.2 Å². The number of amides is 1. The lowest BCUT2D eigenvalue weighted by atomic mass is 10.1. The summed E-state index contributed by atoms with van der Waals surface area (Å²) in [7, 11) is 1.88. The fraction of sp³-hybridized carbons (Fsp3) is 0.565. The van der Waals surface area contributed by atoms with Gasteiger partial charge in [-0.3, -0.25) is 23.9 Å². The van der Waals surface area contributed by atoms with Crippen molar-refractivity contribution < 1.29 is 28.6 Å². The van der Waals surface area contributed by atoms with Gasteiger partial charge in [0.05, 0.1) is 6.33 Å². The number of nitrogens with zero attached hydrogens (tertiary/aromatic N) is 5. The zero-order valence-electron chi connectivity index (χ0n) is 20.9. The van der Waals surface area contributed by atoms with Crippen molar-refractivity contribution in [2.75, 3.05) is 32.4 Å². The molecular formula is C23H33N7O6. The summed E-state index contributed by atoms with van der Waals surface area (Å²) in [5.41, 5.74) is 6.69. The van der Waals surface area contributed by atoms with Crippen molar-refractivity contribution in [3.05, 3.63) is 24.8 Å². The molecule has 3 rings (SSSR count). The highest BCUT2D eigenvalue weighted by Crippen LogP contribution is 2.36. The van der Waals surface area contributed by atoms with Crippen molar-refractivity contribution in [1.82, 2.24) is 29.7 Å². The number of esters is 2. The van der Waals surface area contributed by atoms with Gasteiger partial charge < -0.3 is 25.3 Å². The Morgan fingerprint density at radius 1 is 1.17 bits per heavy atom. The standard InChI is InChI=1S/C23H33N7O6/c1-5-8-17(33)25-9-6-7-10-29(4)11-16-19(34-14(2)31)20(35-15(3)32)23(36-16)30-13-28-18-21(24)26-12-27-22(18)30/h6-7,12-13,16,19-20,23H,5,8-11H2,1-4H3,(H,25,33)(H2,24,26,27)/b7-6-/t16-,19-,20-,23-/m1/s1. The predicted molar refractivity (Wildman–Crippen MR) is 129 cm³/mol. The molecule has 4 atom stereocenters. The van der Waals surface area contributed by atoms with Crippen molar-refractivity contribution >= 4 is 34.8 Å². The topological polar surface area (TPSA) is 164 Å². The van der Waals surface area contributed by atoms with Crippen molar-refractivity contribution in [2.45, 2.75) is 58.2 Å². The van der Waals surface area contributed by atoms with Gasteiger partial charge in [-0.25, -0.2) is 15.0 Å². The third-order valence-corrected chi connectivity index (χ3v) is 5.52. The molecule has 0 saturated carbocycles. The van der Waals surface area contributed by atoms with Crippen LogP contribution in [0, 0.1) is 0 Å². The number of carbonyl (C=O) groups is 3. The summed E-state index contributed by atoms with van der Waals surface area (Å²) in [6.07, 6.45) is 4.58. The van der Waals surface area contributed by atoms with Gasteiger partial charge in [-0.1, -0.05) is 19.1 Å².